The molecule has 3 aromatic rings. The molecule has 5 nitrogen and oxygen atoms in total. The van der Waals surface area contributed by atoms with Crippen LogP contribution in [0.5, 0.6) is 0 Å². The number of aromatic amines is 1. The van der Waals surface area contributed by atoms with Crippen LogP contribution in [0.15, 0.2) is 36.5 Å². The van der Waals surface area contributed by atoms with E-state index in [1.807, 2.05) is 32.2 Å². The van der Waals surface area contributed by atoms with Gasteiger partial charge in [-0.25, -0.2) is 0 Å². The Morgan fingerprint density at radius 2 is 1.94 bits per heavy atom. The average molecular weight is 423 g/mol. The van der Waals surface area contributed by atoms with Crippen molar-refractivity contribution in [3.8, 4) is 34.4 Å². The number of H-pyrrole nitrogens is 1. The van der Waals surface area contributed by atoms with Gasteiger partial charge in [-0.1, -0.05) is 24.0 Å². The smallest absolute Gasteiger partial charge is 0.253 e. The van der Waals surface area contributed by atoms with E-state index in [0.717, 1.165) is 77.0 Å². The minimum absolute atomic E-state index is 0.00746. The number of nitrogens with one attached hydrogen (secondary N) is 2. The van der Waals surface area contributed by atoms with Gasteiger partial charge < -0.3 is 16.0 Å². The van der Waals surface area contributed by atoms with Crippen LogP contribution in [0.25, 0.3) is 22.5 Å². The van der Waals surface area contributed by atoms with Crippen LogP contribution in [0.4, 0.5) is 0 Å². The SMILES string of the molecule is CC(C)(N)C#Cc1ccc(-c2cc3c(cn2)CCc2c-3[nH]c3c2C(=O)NC2(CC2)C3)cc1. The van der Waals surface area contributed by atoms with Gasteiger partial charge >= 0.3 is 0 Å². The summed E-state index contributed by atoms with van der Waals surface area (Å²) < 4.78 is 0. The first-order valence-electron chi connectivity index (χ1n) is 11.3. The zero-order valence-electron chi connectivity index (χ0n) is 18.4. The Balaban J connectivity index is 1.37. The summed E-state index contributed by atoms with van der Waals surface area (Å²) in [6, 6.07) is 10.3. The van der Waals surface area contributed by atoms with Crippen molar-refractivity contribution in [2.45, 2.75) is 57.0 Å². The van der Waals surface area contributed by atoms with E-state index in [0.29, 0.717) is 0 Å². The van der Waals surface area contributed by atoms with Crippen molar-refractivity contribution < 1.29 is 4.79 Å². The highest BCUT2D eigenvalue weighted by Gasteiger charge is 2.49. The first-order valence-corrected chi connectivity index (χ1v) is 11.3. The minimum Gasteiger partial charge on any atom is -0.357 e. The normalized spacial score (nSPS) is 17.5. The molecule has 2 aromatic heterocycles. The van der Waals surface area contributed by atoms with Gasteiger partial charge in [-0.3, -0.25) is 9.78 Å². The molecule has 0 atom stereocenters. The second-order valence-electron chi connectivity index (χ2n) is 10.0. The molecule has 1 aromatic carbocycles. The fourth-order valence-electron chi connectivity index (χ4n) is 4.91. The molecule has 3 heterocycles. The standard InChI is InChI=1S/C27H26N4O/c1-26(2,28)10-9-16-3-5-17(6-4-16)21-13-20-18(15-29-21)7-8-19-23-22(30-24(19)20)14-27(11-12-27)31-25(23)32/h3-6,13,15,30H,7-8,11-12,14,28H2,1-2H3,(H,31,32). The van der Waals surface area contributed by atoms with Gasteiger partial charge in [-0.2, -0.15) is 0 Å². The van der Waals surface area contributed by atoms with Gasteiger partial charge in [-0.05, 0) is 68.9 Å². The number of hydrogen-bond donors (Lipinski definition) is 3. The maximum absolute atomic E-state index is 12.9. The second kappa shape index (κ2) is 6.57. The molecule has 0 radical (unpaired) electrons. The summed E-state index contributed by atoms with van der Waals surface area (Å²) in [5.41, 5.74) is 15.0. The van der Waals surface area contributed by atoms with E-state index in [1.54, 1.807) is 0 Å². The third kappa shape index (κ3) is 3.23. The van der Waals surface area contributed by atoms with Crippen LogP contribution in [-0.4, -0.2) is 27.0 Å². The summed E-state index contributed by atoms with van der Waals surface area (Å²) in [5, 5.41) is 3.25. The zero-order valence-corrected chi connectivity index (χ0v) is 18.4. The highest BCUT2D eigenvalue weighted by molar-refractivity contribution is 6.01. The van der Waals surface area contributed by atoms with Gasteiger partial charge in [0.2, 0.25) is 0 Å². The topological polar surface area (TPSA) is 83.8 Å². The van der Waals surface area contributed by atoms with Crippen LogP contribution in [0.3, 0.4) is 0 Å². The number of carbonyl (C=O) groups excluding carboxylic acids is 1. The Hall–Kier alpha value is -3.36. The largest absolute Gasteiger partial charge is 0.357 e. The molecule has 0 bridgehead atoms. The van der Waals surface area contributed by atoms with Crippen LogP contribution >= 0.6 is 0 Å². The maximum Gasteiger partial charge on any atom is 0.253 e. The molecule has 3 aliphatic rings. The molecule has 0 unspecified atom stereocenters. The summed E-state index contributed by atoms with van der Waals surface area (Å²) >= 11 is 0. The van der Waals surface area contributed by atoms with Gasteiger partial charge in [0.15, 0.2) is 0 Å². The van der Waals surface area contributed by atoms with Crippen molar-refractivity contribution in [3.05, 3.63) is 64.5 Å². The first-order chi connectivity index (χ1) is 15.3. The summed E-state index contributed by atoms with van der Waals surface area (Å²) in [6.07, 6.45) is 6.84. The van der Waals surface area contributed by atoms with Crippen LogP contribution in [-0.2, 0) is 19.3 Å². The molecule has 6 rings (SSSR count). The number of rotatable bonds is 1. The fraction of sp³-hybridized carbons (Fsp3) is 0.333. The van der Waals surface area contributed by atoms with Crippen molar-refractivity contribution in [3.63, 3.8) is 0 Å². The zero-order chi connectivity index (χ0) is 22.1. The fourth-order valence-corrected chi connectivity index (χ4v) is 4.91. The number of aryl methyl sites for hydroxylation is 1. The lowest BCUT2D eigenvalue weighted by Gasteiger charge is -2.24. The van der Waals surface area contributed by atoms with E-state index in [-0.39, 0.29) is 11.4 Å². The maximum atomic E-state index is 12.9. The molecule has 1 aliphatic heterocycles. The van der Waals surface area contributed by atoms with E-state index in [9.17, 15) is 4.79 Å². The van der Waals surface area contributed by atoms with Gasteiger partial charge in [0.25, 0.3) is 5.91 Å². The van der Waals surface area contributed by atoms with E-state index in [2.05, 4.69) is 40.3 Å². The summed E-state index contributed by atoms with van der Waals surface area (Å²) in [5.74, 6) is 6.29. The van der Waals surface area contributed by atoms with Crippen molar-refractivity contribution in [2.24, 2.45) is 5.73 Å². The van der Waals surface area contributed by atoms with Gasteiger partial charge in [0, 0.05) is 40.5 Å². The molecule has 4 N–H and O–H groups in total. The van der Waals surface area contributed by atoms with Crippen LogP contribution in [0, 0.1) is 11.8 Å². The number of benzene rings is 1. The second-order valence-corrected chi connectivity index (χ2v) is 10.0. The number of carbonyl (C=O) groups is 1. The third-order valence-electron chi connectivity index (χ3n) is 6.77. The summed E-state index contributed by atoms with van der Waals surface area (Å²) in [6.45, 7) is 3.79. The number of aromatic nitrogens is 2. The number of nitrogens with two attached hydrogens (primary N) is 1. The van der Waals surface area contributed by atoms with Gasteiger partial charge in [-0.15, -0.1) is 0 Å². The molecule has 2 aliphatic carbocycles. The van der Waals surface area contributed by atoms with E-state index < -0.39 is 5.54 Å². The van der Waals surface area contributed by atoms with Crippen molar-refractivity contribution in [1.29, 1.82) is 0 Å². The average Bonchev–Trinajstić information content (AvgIpc) is 3.38. The van der Waals surface area contributed by atoms with E-state index >= 15 is 0 Å². The van der Waals surface area contributed by atoms with Gasteiger partial charge in [0.1, 0.15) is 0 Å². The molecule has 5 heteroatoms. The molecule has 1 amide bonds. The molecule has 1 fully saturated rings. The molecule has 160 valence electrons. The lowest BCUT2D eigenvalue weighted by molar-refractivity contribution is 0.0917. The quantitative estimate of drug-likeness (QED) is 0.522. The van der Waals surface area contributed by atoms with Crippen molar-refractivity contribution in [1.82, 2.24) is 15.3 Å². The summed E-state index contributed by atoms with van der Waals surface area (Å²) in [7, 11) is 0. The highest BCUT2D eigenvalue weighted by Crippen LogP contribution is 2.45. The Morgan fingerprint density at radius 1 is 1.16 bits per heavy atom. The van der Waals surface area contributed by atoms with E-state index in [1.165, 1.54) is 5.56 Å². The van der Waals surface area contributed by atoms with Crippen LogP contribution in [0.2, 0.25) is 0 Å². The van der Waals surface area contributed by atoms with Crippen LogP contribution < -0.4 is 11.1 Å². The number of pyridine rings is 1. The van der Waals surface area contributed by atoms with Crippen LogP contribution in [0.1, 0.15) is 59.4 Å². The van der Waals surface area contributed by atoms with Crippen molar-refractivity contribution in [2.75, 3.05) is 0 Å². The number of fused-ring (bicyclic) bond motifs is 5. The summed E-state index contributed by atoms with van der Waals surface area (Å²) in [4.78, 5) is 21.2. The monoisotopic (exact) mass is 422 g/mol. The lowest BCUT2D eigenvalue weighted by Crippen LogP contribution is -2.43. The predicted molar refractivity (Wildman–Crippen MR) is 125 cm³/mol. The Bertz CT molecular complexity index is 1320. The van der Waals surface area contributed by atoms with E-state index in [4.69, 9.17) is 10.7 Å². The number of amides is 1. The van der Waals surface area contributed by atoms with Gasteiger partial charge in [0.05, 0.1) is 22.5 Å². The molecule has 32 heavy (non-hydrogen) atoms. The molecular formula is C27H26N4O. The predicted octanol–water partition coefficient (Wildman–Crippen LogP) is 3.75. The minimum atomic E-state index is -0.512. The molecule has 0 saturated heterocycles. The van der Waals surface area contributed by atoms with Crippen molar-refractivity contribution >= 4 is 5.91 Å². The number of nitrogens with zero attached hydrogens (tertiary/aromatic N) is 1. The molecule has 1 spiro atoms. The molecule has 1 saturated carbocycles. The first kappa shape index (κ1) is 19.3. The molecular weight excluding hydrogens is 396 g/mol. The third-order valence-corrected chi connectivity index (χ3v) is 6.77. The highest BCUT2D eigenvalue weighted by atomic mass is 16.2. The Morgan fingerprint density at radius 3 is 2.66 bits per heavy atom. The number of hydrogen-bond acceptors (Lipinski definition) is 3. The Labute approximate surface area is 187 Å². The lowest BCUT2D eigenvalue weighted by atomic mass is 9.87. The Kier molecular flexibility index (Phi) is 3.97.